The number of carbonyl (C=O) groups excluding carboxylic acids is 1. The highest BCUT2D eigenvalue weighted by molar-refractivity contribution is 6.30. The van der Waals surface area contributed by atoms with Crippen LogP contribution >= 0.6 is 11.6 Å². The predicted molar refractivity (Wildman–Crippen MR) is 103 cm³/mol. The van der Waals surface area contributed by atoms with E-state index >= 15 is 0 Å². The van der Waals surface area contributed by atoms with Gasteiger partial charge in [0, 0.05) is 42.9 Å². The van der Waals surface area contributed by atoms with Crippen molar-refractivity contribution < 1.29 is 4.79 Å². The topological polar surface area (TPSA) is 71.0 Å². The van der Waals surface area contributed by atoms with Crippen LogP contribution in [0.15, 0.2) is 61.1 Å². The van der Waals surface area contributed by atoms with Crippen molar-refractivity contribution in [2.24, 2.45) is 0 Å². The van der Waals surface area contributed by atoms with Crippen LogP contribution in [0.5, 0.6) is 0 Å². The summed E-state index contributed by atoms with van der Waals surface area (Å²) in [6.07, 6.45) is 5.97. The van der Waals surface area contributed by atoms with Crippen molar-refractivity contribution in [1.82, 2.24) is 15.0 Å². The minimum atomic E-state index is -0.293. The Labute approximate surface area is 156 Å². The van der Waals surface area contributed by atoms with E-state index in [0.717, 1.165) is 13.0 Å². The molecule has 0 fully saturated rings. The third kappa shape index (κ3) is 4.77. The van der Waals surface area contributed by atoms with E-state index in [1.165, 1.54) is 5.56 Å². The average Bonchev–Trinajstić information content (AvgIpc) is 2.69. The van der Waals surface area contributed by atoms with Gasteiger partial charge in [-0.1, -0.05) is 11.6 Å². The fraction of sp³-hybridized carbons (Fsp3) is 0.158. The van der Waals surface area contributed by atoms with Crippen LogP contribution in [0.3, 0.4) is 0 Å². The van der Waals surface area contributed by atoms with Crippen molar-refractivity contribution in [1.29, 1.82) is 0 Å². The van der Waals surface area contributed by atoms with Gasteiger partial charge in [0.05, 0.1) is 0 Å². The minimum absolute atomic E-state index is 0.293. The quantitative estimate of drug-likeness (QED) is 0.722. The maximum Gasteiger partial charge on any atom is 0.274 e. The van der Waals surface area contributed by atoms with Crippen molar-refractivity contribution >= 4 is 29.1 Å². The molecule has 0 spiro atoms. The van der Waals surface area contributed by atoms with Gasteiger partial charge in [-0.25, -0.2) is 9.97 Å². The molecule has 0 aliphatic rings. The van der Waals surface area contributed by atoms with Crippen molar-refractivity contribution in [3.05, 3.63) is 77.3 Å². The van der Waals surface area contributed by atoms with Crippen LogP contribution in [0.25, 0.3) is 0 Å². The Morgan fingerprint density at radius 3 is 2.54 bits per heavy atom. The van der Waals surface area contributed by atoms with E-state index in [1.54, 1.807) is 48.9 Å². The van der Waals surface area contributed by atoms with E-state index in [9.17, 15) is 4.79 Å². The number of amides is 1. The molecule has 0 saturated heterocycles. The molecule has 1 aromatic carbocycles. The van der Waals surface area contributed by atoms with E-state index in [0.29, 0.717) is 22.4 Å². The Hall–Kier alpha value is -2.99. The molecule has 1 amide bonds. The van der Waals surface area contributed by atoms with Gasteiger partial charge < -0.3 is 10.2 Å². The highest BCUT2D eigenvalue weighted by Crippen LogP contribution is 2.15. The fourth-order valence-corrected chi connectivity index (χ4v) is 2.46. The lowest BCUT2D eigenvalue weighted by molar-refractivity contribution is 0.102. The van der Waals surface area contributed by atoms with Gasteiger partial charge in [0.2, 0.25) is 5.95 Å². The summed E-state index contributed by atoms with van der Waals surface area (Å²) in [6, 6.07) is 12.5. The molecule has 0 radical (unpaired) electrons. The standard InChI is InChI=1S/C19H18ClN5O/c1-25(13-9-14-6-10-21-11-7-14)19-22-12-8-17(24-19)18(26)23-16-4-2-15(20)3-5-16/h2-8,10-12H,9,13H2,1H3,(H,23,26). The largest absolute Gasteiger partial charge is 0.344 e. The van der Waals surface area contributed by atoms with Crippen LogP contribution in [-0.4, -0.2) is 34.5 Å². The number of benzene rings is 1. The van der Waals surface area contributed by atoms with Crippen LogP contribution in [0.2, 0.25) is 5.02 Å². The van der Waals surface area contributed by atoms with Gasteiger partial charge >= 0.3 is 0 Å². The second-order valence-electron chi connectivity index (χ2n) is 5.73. The zero-order chi connectivity index (χ0) is 18.4. The number of carbonyl (C=O) groups is 1. The highest BCUT2D eigenvalue weighted by atomic mass is 35.5. The SMILES string of the molecule is CN(CCc1ccncc1)c1nccc(C(=O)Nc2ccc(Cl)cc2)n1. The summed E-state index contributed by atoms with van der Waals surface area (Å²) >= 11 is 5.85. The van der Waals surface area contributed by atoms with Gasteiger partial charge in [0.15, 0.2) is 0 Å². The third-order valence-corrected chi connectivity index (χ3v) is 4.06. The summed E-state index contributed by atoms with van der Waals surface area (Å²) in [7, 11) is 1.90. The highest BCUT2D eigenvalue weighted by Gasteiger charge is 2.11. The van der Waals surface area contributed by atoms with Gasteiger partial charge in [0.1, 0.15) is 5.69 Å². The zero-order valence-corrected chi connectivity index (χ0v) is 15.0. The van der Waals surface area contributed by atoms with Gasteiger partial charge in [-0.15, -0.1) is 0 Å². The number of aromatic nitrogens is 3. The average molecular weight is 368 g/mol. The summed E-state index contributed by atoms with van der Waals surface area (Å²) in [4.78, 5) is 26.9. The molecule has 7 heteroatoms. The molecule has 26 heavy (non-hydrogen) atoms. The van der Waals surface area contributed by atoms with Crippen molar-refractivity contribution in [2.45, 2.75) is 6.42 Å². The molecular formula is C19H18ClN5O. The van der Waals surface area contributed by atoms with Crippen LogP contribution in [-0.2, 0) is 6.42 Å². The van der Waals surface area contributed by atoms with E-state index in [-0.39, 0.29) is 5.91 Å². The molecule has 132 valence electrons. The van der Waals surface area contributed by atoms with Crippen LogP contribution in [0.1, 0.15) is 16.1 Å². The Morgan fingerprint density at radius 1 is 1.08 bits per heavy atom. The van der Waals surface area contributed by atoms with E-state index in [2.05, 4.69) is 20.3 Å². The fourth-order valence-electron chi connectivity index (χ4n) is 2.33. The molecule has 0 aliphatic carbocycles. The number of halogens is 1. The molecular weight excluding hydrogens is 350 g/mol. The number of hydrogen-bond donors (Lipinski definition) is 1. The Morgan fingerprint density at radius 2 is 1.81 bits per heavy atom. The molecule has 3 aromatic rings. The maximum atomic E-state index is 12.4. The Bertz CT molecular complexity index is 871. The number of nitrogens with zero attached hydrogens (tertiary/aromatic N) is 4. The number of anilines is 2. The number of nitrogens with one attached hydrogen (secondary N) is 1. The molecule has 1 N–H and O–H groups in total. The molecule has 2 heterocycles. The summed E-state index contributed by atoms with van der Waals surface area (Å²) in [6.45, 7) is 0.728. The summed E-state index contributed by atoms with van der Waals surface area (Å²) in [5, 5.41) is 3.41. The third-order valence-electron chi connectivity index (χ3n) is 3.80. The molecule has 3 rings (SSSR count). The zero-order valence-electron chi connectivity index (χ0n) is 14.3. The number of rotatable bonds is 6. The maximum absolute atomic E-state index is 12.4. The number of pyridine rings is 1. The molecule has 0 aliphatic heterocycles. The second-order valence-corrected chi connectivity index (χ2v) is 6.17. The molecule has 0 saturated carbocycles. The van der Waals surface area contributed by atoms with E-state index in [4.69, 9.17) is 11.6 Å². The summed E-state index contributed by atoms with van der Waals surface area (Å²) in [5.41, 5.74) is 2.15. The Balaban J connectivity index is 1.65. The van der Waals surface area contributed by atoms with Crippen molar-refractivity contribution in [3.63, 3.8) is 0 Å². The van der Waals surface area contributed by atoms with Crippen molar-refractivity contribution in [2.75, 3.05) is 23.8 Å². The van der Waals surface area contributed by atoms with Crippen LogP contribution < -0.4 is 10.2 Å². The first-order valence-corrected chi connectivity index (χ1v) is 8.49. The van der Waals surface area contributed by atoms with Gasteiger partial charge in [-0.2, -0.15) is 0 Å². The number of hydrogen-bond acceptors (Lipinski definition) is 5. The molecule has 0 unspecified atom stereocenters. The predicted octanol–water partition coefficient (Wildman–Crippen LogP) is 3.46. The molecule has 0 bridgehead atoms. The Kier molecular flexibility index (Phi) is 5.76. The van der Waals surface area contributed by atoms with Gasteiger partial charge in [0.25, 0.3) is 5.91 Å². The first-order valence-electron chi connectivity index (χ1n) is 8.12. The lowest BCUT2D eigenvalue weighted by Gasteiger charge is -2.17. The second kappa shape index (κ2) is 8.40. The van der Waals surface area contributed by atoms with Crippen LogP contribution in [0, 0.1) is 0 Å². The lowest BCUT2D eigenvalue weighted by atomic mass is 10.2. The summed E-state index contributed by atoms with van der Waals surface area (Å²) in [5.74, 6) is 0.210. The van der Waals surface area contributed by atoms with Crippen LogP contribution in [0.4, 0.5) is 11.6 Å². The molecule has 2 aromatic heterocycles. The van der Waals surface area contributed by atoms with Gasteiger partial charge in [-0.05, 0) is 54.4 Å². The first-order chi connectivity index (χ1) is 12.6. The minimum Gasteiger partial charge on any atom is -0.344 e. The smallest absolute Gasteiger partial charge is 0.274 e. The first kappa shape index (κ1) is 17.8. The molecule has 6 nitrogen and oxygen atoms in total. The van der Waals surface area contributed by atoms with Crippen molar-refractivity contribution in [3.8, 4) is 0 Å². The molecule has 0 atom stereocenters. The summed E-state index contributed by atoms with van der Waals surface area (Å²) < 4.78 is 0. The van der Waals surface area contributed by atoms with E-state index in [1.807, 2.05) is 24.1 Å². The monoisotopic (exact) mass is 367 g/mol. The normalized spacial score (nSPS) is 10.4. The van der Waals surface area contributed by atoms with E-state index < -0.39 is 0 Å². The lowest BCUT2D eigenvalue weighted by Crippen LogP contribution is -2.24. The number of likely N-dealkylation sites (N-methyl/N-ethyl adjacent to an activating group) is 1. The van der Waals surface area contributed by atoms with Gasteiger partial charge in [-0.3, -0.25) is 9.78 Å².